The molecule has 0 radical (unpaired) electrons. The Morgan fingerprint density at radius 1 is 1.10 bits per heavy atom. The lowest BCUT2D eigenvalue weighted by molar-refractivity contribution is -0.140. The first-order chi connectivity index (χ1) is 14.6. The molecule has 1 aliphatic rings. The van der Waals surface area contributed by atoms with E-state index in [1.807, 2.05) is 0 Å². The Labute approximate surface area is 174 Å². The van der Waals surface area contributed by atoms with E-state index >= 15 is 0 Å². The van der Waals surface area contributed by atoms with Gasteiger partial charge < -0.3 is 25.0 Å². The second-order valence-corrected chi connectivity index (χ2v) is 6.74. The van der Waals surface area contributed by atoms with Crippen molar-refractivity contribution in [2.75, 3.05) is 31.0 Å². The lowest BCUT2D eigenvalue weighted by Crippen LogP contribution is -2.39. The van der Waals surface area contributed by atoms with Crippen molar-refractivity contribution in [2.45, 2.75) is 18.6 Å². The van der Waals surface area contributed by atoms with Crippen molar-refractivity contribution >= 4 is 23.3 Å². The van der Waals surface area contributed by atoms with Gasteiger partial charge in [-0.25, -0.2) is 9.18 Å². The summed E-state index contributed by atoms with van der Waals surface area (Å²) in [5.41, 5.74) is -1.17. The highest BCUT2D eigenvalue weighted by Crippen LogP contribution is 2.34. The number of hydrogen-bond acceptors (Lipinski definition) is 4. The summed E-state index contributed by atoms with van der Waals surface area (Å²) in [7, 11) is 2.94. The smallest absolute Gasteiger partial charge is 0.419 e. The third kappa shape index (κ3) is 4.98. The van der Waals surface area contributed by atoms with E-state index in [1.54, 1.807) is 18.2 Å². The van der Waals surface area contributed by atoms with Crippen LogP contribution >= 0.6 is 0 Å². The zero-order valence-electron chi connectivity index (χ0n) is 16.5. The quantitative estimate of drug-likeness (QED) is 0.692. The monoisotopic (exact) mass is 441 g/mol. The zero-order chi connectivity index (χ0) is 22.8. The van der Waals surface area contributed by atoms with Crippen molar-refractivity contribution in [2.24, 2.45) is 0 Å². The molecule has 1 aliphatic heterocycles. The van der Waals surface area contributed by atoms with Gasteiger partial charge in [0.15, 0.2) is 11.5 Å². The van der Waals surface area contributed by atoms with Crippen molar-refractivity contribution in [1.29, 1.82) is 0 Å². The molecule has 31 heavy (non-hydrogen) atoms. The maximum Gasteiger partial charge on any atom is 0.419 e. The number of alkyl halides is 3. The van der Waals surface area contributed by atoms with Gasteiger partial charge in [-0.1, -0.05) is 0 Å². The summed E-state index contributed by atoms with van der Waals surface area (Å²) in [6, 6.07) is 5.67. The molecule has 0 aromatic heterocycles. The van der Waals surface area contributed by atoms with Crippen molar-refractivity contribution in [3.05, 3.63) is 47.8 Å². The van der Waals surface area contributed by atoms with Gasteiger partial charge in [0, 0.05) is 30.4 Å². The van der Waals surface area contributed by atoms with E-state index in [-0.39, 0.29) is 24.6 Å². The molecule has 1 atom stereocenters. The van der Waals surface area contributed by atoms with Crippen LogP contribution in [0.25, 0.3) is 0 Å². The lowest BCUT2D eigenvalue weighted by atomic mass is 10.2. The van der Waals surface area contributed by atoms with E-state index in [0.29, 0.717) is 29.3 Å². The molecular weight excluding hydrogens is 422 g/mol. The Morgan fingerprint density at radius 2 is 1.81 bits per heavy atom. The van der Waals surface area contributed by atoms with Crippen LogP contribution in [-0.4, -0.2) is 38.7 Å². The molecule has 3 amide bonds. The molecule has 2 aromatic rings. The molecule has 3 rings (SSSR count). The molecule has 2 aromatic carbocycles. The van der Waals surface area contributed by atoms with E-state index in [9.17, 15) is 27.2 Å². The SMILES string of the molecule is COc1ccc(N2CC(NC(=O)Nc3ccc(F)c(C(F)(F)F)c3)CC2=O)cc1OC. The fourth-order valence-corrected chi connectivity index (χ4v) is 3.22. The normalized spacial score (nSPS) is 16.3. The van der Waals surface area contributed by atoms with E-state index < -0.39 is 29.6 Å². The van der Waals surface area contributed by atoms with Crippen LogP contribution < -0.4 is 25.0 Å². The molecule has 11 heteroatoms. The van der Waals surface area contributed by atoms with Crippen molar-refractivity contribution in [1.82, 2.24) is 5.32 Å². The number of methoxy groups -OCH3 is 2. The summed E-state index contributed by atoms with van der Waals surface area (Å²) < 4.78 is 62.2. The molecule has 0 bridgehead atoms. The zero-order valence-corrected chi connectivity index (χ0v) is 16.5. The summed E-state index contributed by atoms with van der Waals surface area (Å²) >= 11 is 0. The van der Waals surface area contributed by atoms with Crippen molar-refractivity contribution in [3.8, 4) is 11.5 Å². The Balaban J connectivity index is 1.66. The number of benzene rings is 2. The lowest BCUT2D eigenvalue weighted by Gasteiger charge is -2.19. The van der Waals surface area contributed by atoms with Crippen LogP contribution in [0.2, 0.25) is 0 Å². The number of halogens is 4. The highest BCUT2D eigenvalue weighted by Gasteiger charge is 2.35. The van der Waals surface area contributed by atoms with E-state index in [1.165, 1.54) is 19.1 Å². The second-order valence-electron chi connectivity index (χ2n) is 6.74. The summed E-state index contributed by atoms with van der Waals surface area (Å²) in [4.78, 5) is 26.0. The minimum atomic E-state index is -4.89. The van der Waals surface area contributed by atoms with E-state index in [4.69, 9.17) is 9.47 Å². The van der Waals surface area contributed by atoms with Crippen molar-refractivity contribution in [3.63, 3.8) is 0 Å². The molecule has 1 saturated heterocycles. The van der Waals surface area contributed by atoms with Crippen LogP contribution in [0, 0.1) is 5.82 Å². The number of anilines is 2. The number of amides is 3. The maximum absolute atomic E-state index is 13.4. The third-order valence-corrected chi connectivity index (χ3v) is 4.67. The Morgan fingerprint density at radius 3 is 2.45 bits per heavy atom. The molecular formula is C20H19F4N3O4. The van der Waals surface area contributed by atoms with Gasteiger partial charge in [0.25, 0.3) is 0 Å². The van der Waals surface area contributed by atoms with E-state index in [0.717, 1.165) is 6.07 Å². The third-order valence-electron chi connectivity index (χ3n) is 4.67. The number of carbonyl (C=O) groups is 2. The highest BCUT2D eigenvalue weighted by molar-refractivity contribution is 5.98. The summed E-state index contributed by atoms with van der Waals surface area (Å²) in [5.74, 6) is -0.771. The van der Waals surface area contributed by atoms with Gasteiger partial charge in [-0.15, -0.1) is 0 Å². The maximum atomic E-state index is 13.4. The molecule has 0 saturated carbocycles. The average molecular weight is 441 g/mol. The molecule has 1 heterocycles. The molecule has 1 fully saturated rings. The van der Waals surface area contributed by atoms with Gasteiger partial charge in [-0.2, -0.15) is 13.2 Å². The molecule has 2 N–H and O–H groups in total. The van der Waals surface area contributed by atoms with Gasteiger partial charge in [0.2, 0.25) is 5.91 Å². The Hall–Kier alpha value is -3.50. The summed E-state index contributed by atoms with van der Waals surface area (Å²) in [6.07, 6.45) is -4.89. The fraction of sp³-hybridized carbons (Fsp3) is 0.300. The van der Waals surface area contributed by atoms with Crippen LogP contribution in [0.3, 0.4) is 0 Å². The standard InChI is InChI=1S/C20H19F4N3O4/c1-30-16-6-4-13(9-17(16)31-2)27-10-12(8-18(27)28)26-19(29)25-11-3-5-15(21)14(7-11)20(22,23)24/h3-7,9,12H,8,10H2,1-2H3,(H2,25,26,29). The molecule has 0 aliphatic carbocycles. The fourth-order valence-electron chi connectivity index (χ4n) is 3.22. The molecule has 0 spiro atoms. The average Bonchev–Trinajstić information content (AvgIpc) is 3.07. The van der Waals surface area contributed by atoms with Crippen LogP contribution in [0.15, 0.2) is 36.4 Å². The van der Waals surface area contributed by atoms with Crippen molar-refractivity contribution < 1.29 is 36.6 Å². The van der Waals surface area contributed by atoms with E-state index in [2.05, 4.69) is 10.6 Å². The molecule has 7 nitrogen and oxygen atoms in total. The predicted molar refractivity (Wildman–Crippen MR) is 104 cm³/mol. The summed E-state index contributed by atoms with van der Waals surface area (Å²) in [5, 5.41) is 4.77. The number of carbonyl (C=O) groups excluding carboxylic acids is 2. The van der Waals surface area contributed by atoms with Crippen LogP contribution in [0.1, 0.15) is 12.0 Å². The minimum Gasteiger partial charge on any atom is -0.493 e. The molecule has 1 unspecified atom stereocenters. The van der Waals surface area contributed by atoms with Crippen LogP contribution in [0.5, 0.6) is 11.5 Å². The Bertz CT molecular complexity index is 997. The molecule has 166 valence electrons. The van der Waals surface area contributed by atoms with Gasteiger partial charge >= 0.3 is 12.2 Å². The van der Waals surface area contributed by atoms with Crippen LogP contribution in [0.4, 0.5) is 33.7 Å². The first kappa shape index (κ1) is 22.2. The topological polar surface area (TPSA) is 79.9 Å². The second kappa shape index (κ2) is 8.70. The number of hydrogen-bond donors (Lipinski definition) is 2. The first-order valence-corrected chi connectivity index (χ1v) is 9.09. The van der Waals surface area contributed by atoms with Gasteiger partial charge in [-0.05, 0) is 30.3 Å². The predicted octanol–water partition coefficient (Wildman–Crippen LogP) is 3.79. The number of nitrogens with zero attached hydrogens (tertiary/aromatic N) is 1. The Kier molecular flexibility index (Phi) is 6.23. The number of nitrogens with one attached hydrogen (secondary N) is 2. The summed E-state index contributed by atoms with van der Waals surface area (Å²) in [6.45, 7) is 0.152. The van der Waals surface area contributed by atoms with Crippen LogP contribution in [-0.2, 0) is 11.0 Å². The van der Waals surface area contributed by atoms with Gasteiger partial charge in [0.1, 0.15) is 5.82 Å². The van der Waals surface area contributed by atoms with Gasteiger partial charge in [-0.3, -0.25) is 4.79 Å². The highest BCUT2D eigenvalue weighted by atomic mass is 19.4. The number of rotatable bonds is 5. The van der Waals surface area contributed by atoms with Gasteiger partial charge in [0.05, 0.1) is 25.8 Å². The number of urea groups is 1. The largest absolute Gasteiger partial charge is 0.493 e. The first-order valence-electron chi connectivity index (χ1n) is 9.09. The minimum absolute atomic E-state index is 0.00101. The number of ether oxygens (including phenoxy) is 2.